The molecule has 1 amide bonds. The van der Waals surface area contributed by atoms with Gasteiger partial charge >= 0.3 is 7.75 Å². The first kappa shape index (κ1) is 18.6. The zero-order chi connectivity index (χ0) is 18.9. The Morgan fingerprint density at radius 1 is 1.38 bits per heavy atom. The molecule has 1 aliphatic rings. The van der Waals surface area contributed by atoms with E-state index in [0.29, 0.717) is 0 Å². The van der Waals surface area contributed by atoms with Crippen molar-refractivity contribution in [3.8, 4) is 0 Å². The molecule has 26 heavy (non-hydrogen) atoms. The maximum absolute atomic E-state index is 12.1. The first-order chi connectivity index (χ1) is 12.3. The molecule has 1 saturated heterocycles. The van der Waals surface area contributed by atoms with Crippen molar-refractivity contribution in [2.24, 2.45) is 5.73 Å². The highest BCUT2D eigenvalue weighted by Crippen LogP contribution is 2.34. The molecule has 0 radical (unpaired) electrons. The molecule has 12 nitrogen and oxygen atoms in total. The van der Waals surface area contributed by atoms with Gasteiger partial charge in [0.25, 0.3) is 5.91 Å². The summed E-state index contributed by atoms with van der Waals surface area (Å²) in [6, 6.07) is 4.66. The summed E-state index contributed by atoms with van der Waals surface area (Å²) in [5.74, 6) is -1.16. The van der Waals surface area contributed by atoms with Crippen LogP contribution in [0.15, 0.2) is 36.9 Å². The molecule has 3 rings (SSSR count). The number of aliphatic hydroxyl groups is 2. The SMILES string of the molecule is NC(=O)c1ncn([C@@H]2O[C@H](COP(=O)([O-])[n+]3ccccc3)[C@@H](O)[C@H]2O)n1. The second-order valence-electron chi connectivity index (χ2n) is 5.48. The van der Waals surface area contributed by atoms with Crippen molar-refractivity contribution in [2.75, 3.05) is 6.61 Å². The van der Waals surface area contributed by atoms with E-state index >= 15 is 0 Å². The highest BCUT2D eigenvalue weighted by atomic mass is 31.2. The average molecular weight is 385 g/mol. The van der Waals surface area contributed by atoms with Gasteiger partial charge in [-0.15, -0.1) is 5.10 Å². The quantitative estimate of drug-likeness (QED) is 0.447. The summed E-state index contributed by atoms with van der Waals surface area (Å²) < 4.78 is 24.3. The summed E-state index contributed by atoms with van der Waals surface area (Å²) in [5.41, 5.74) is 5.05. The van der Waals surface area contributed by atoms with E-state index in [-0.39, 0.29) is 5.82 Å². The summed E-state index contributed by atoms with van der Waals surface area (Å²) in [5, 5.41) is 23.9. The minimum atomic E-state index is -4.45. The number of nitrogens with two attached hydrogens (primary N) is 1. The predicted molar refractivity (Wildman–Crippen MR) is 80.1 cm³/mol. The Morgan fingerprint density at radius 3 is 2.69 bits per heavy atom. The van der Waals surface area contributed by atoms with Crippen LogP contribution < -0.4 is 15.0 Å². The molecule has 13 heteroatoms. The van der Waals surface area contributed by atoms with E-state index in [9.17, 15) is 24.5 Å². The Balaban J connectivity index is 1.68. The average Bonchev–Trinajstić information content (AvgIpc) is 3.21. The number of aliphatic hydroxyl groups excluding tert-OH is 2. The fraction of sp³-hybridized carbons (Fsp3) is 0.385. The molecule has 4 N–H and O–H groups in total. The zero-order valence-corrected chi connectivity index (χ0v) is 14.1. The van der Waals surface area contributed by atoms with Gasteiger partial charge in [-0.05, 0) is 0 Å². The Morgan fingerprint density at radius 2 is 2.08 bits per heavy atom. The third kappa shape index (κ3) is 3.65. The van der Waals surface area contributed by atoms with E-state index in [0.717, 1.165) is 15.3 Å². The first-order valence-electron chi connectivity index (χ1n) is 7.45. The Hall–Kier alpha value is -2.21. The van der Waals surface area contributed by atoms with Crippen LogP contribution in [-0.2, 0) is 13.8 Å². The highest BCUT2D eigenvalue weighted by molar-refractivity contribution is 7.43. The van der Waals surface area contributed by atoms with Crippen LogP contribution in [0.1, 0.15) is 16.8 Å². The van der Waals surface area contributed by atoms with Crippen molar-refractivity contribution >= 4 is 13.7 Å². The first-order valence-corrected chi connectivity index (χ1v) is 8.94. The minimum Gasteiger partial charge on any atom is -0.722 e. The fourth-order valence-corrected chi connectivity index (χ4v) is 3.33. The van der Waals surface area contributed by atoms with E-state index in [2.05, 4.69) is 10.1 Å². The summed E-state index contributed by atoms with van der Waals surface area (Å²) in [6.45, 7) is -0.533. The molecule has 3 heterocycles. The van der Waals surface area contributed by atoms with Gasteiger partial charge in [0.2, 0.25) is 5.82 Å². The number of hydrogen-bond acceptors (Lipinski definition) is 9. The largest absolute Gasteiger partial charge is 0.722 e. The molecule has 0 aliphatic carbocycles. The number of nitrogens with zero attached hydrogens (tertiary/aromatic N) is 4. The fourth-order valence-electron chi connectivity index (χ4n) is 2.38. The number of carbonyl (C=O) groups is 1. The molecule has 2 aromatic heterocycles. The molecule has 0 aromatic carbocycles. The lowest BCUT2D eigenvalue weighted by Crippen LogP contribution is -2.39. The van der Waals surface area contributed by atoms with Crippen LogP contribution in [0.2, 0.25) is 0 Å². The van der Waals surface area contributed by atoms with E-state index in [1.165, 1.54) is 24.5 Å². The van der Waals surface area contributed by atoms with Crippen LogP contribution in [0.4, 0.5) is 0 Å². The van der Waals surface area contributed by atoms with Crippen molar-refractivity contribution in [1.29, 1.82) is 0 Å². The Bertz CT molecular complexity index is 831. The number of ether oxygens (including phenoxy) is 1. The van der Waals surface area contributed by atoms with Crippen molar-refractivity contribution in [2.45, 2.75) is 24.5 Å². The topological polar surface area (TPSA) is 177 Å². The second kappa shape index (κ2) is 7.19. The van der Waals surface area contributed by atoms with E-state index in [1.54, 1.807) is 6.07 Å². The molecule has 1 aliphatic heterocycles. The zero-order valence-electron chi connectivity index (χ0n) is 13.2. The van der Waals surface area contributed by atoms with Crippen molar-refractivity contribution in [3.63, 3.8) is 0 Å². The lowest BCUT2D eigenvalue weighted by Gasteiger charge is -2.20. The van der Waals surface area contributed by atoms with Crippen LogP contribution in [-0.4, -0.2) is 55.8 Å². The molecule has 0 spiro atoms. The molecule has 0 bridgehead atoms. The number of hydrogen-bond donors (Lipinski definition) is 3. The summed E-state index contributed by atoms with van der Waals surface area (Å²) in [7, 11) is -4.45. The summed E-state index contributed by atoms with van der Waals surface area (Å²) >= 11 is 0. The lowest BCUT2D eigenvalue weighted by atomic mass is 10.1. The number of primary amides is 1. The van der Waals surface area contributed by atoms with Gasteiger partial charge in [0, 0.05) is 12.1 Å². The van der Waals surface area contributed by atoms with Crippen molar-refractivity contribution in [1.82, 2.24) is 14.8 Å². The van der Waals surface area contributed by atoms with Gasteiger partial charge in [-0.3, -0.25) is 9.32 Å². The minimum absolute atomic E-state index is 0.292. The molecule has 0 saturated carbocycles. The molecular formula is C13H16N5O7P. The van der Waals surface area contributed by atoms with Crippen LogP contribution in [0.5, 0.6) is 0 Å². The van der Waals surface area contributed by atoms with E-state index < -0.39 is 44.8 Å². The van der Waals surface area contributed by atoms with Crippen LogP contribution in [0.25, 0.3) is 0 Å². The van der Waals surface area contributed by atoms with Gasteiger partial charge in [-0.1, -0.05) is 6.07 Å². The van der Waals surface area contributed by atoms with Gasteiger partial charge in [-0.25, -0.2) is 14.2 Å². The Labute approximate surface area is 147 Å². The van der Waals surface area contributed by atoms with Crippen LogP contribution in [0.3, 0.4) is 0 Å². The summed E-state index contributed by atoms with van der Waals surface area (Å²) in [6.07, 6.45) is -1.54. The maximum atomic E-state index is 12.1. The number of pyridine rings is 1. The van der Waals surface area contributed by atoms with Gasteiger partial charge in [0.05, 0.1) is 6.61 Å². The van der Waals surface area contributed by atoms with Crippen molar-refractivity contribution in [3.05, 3.63) is 42.7 Å². The molecule has 1 fully saturated rings. The van der Waals surface area contributed by atoms with Crippen LogP contribution in [0, 0.1) is 0 Å². The second-order valence-corrected chi connectivity index (χ2v) is 7.14. The molecule has 1 unspecified atom stereocenters. The number of amides is 1. The monoisotopic (exact) mass is 385 g/mol. The maximum Gasteiger partial charge on any atom is 0.407 e. The van der Waals surface area contributed by atoms with Crippen LogP contribution >= 0.6 is 7.75 Å². The van der Waals surface area contributed by atoms with Gasteiger partial charge in [0.15, 0.2) is 18.6 Å². The normalized spacial score (nSPS) is 28.0. The number of carbonyl (C=O) groups excluding carboxylic acids is 1. The predicted octanol–water partition coefficient (Wildman–Crippen LogP) is -2.68. The third-order valence-corrected chi connectivity index (χ3v) is 5.02. The highest BCUT2D eigenvalue weighted by Gasteiger charge is 2.45. The molecule has 140 valence electrons. The Kier molecular flexibility index (Phi) is 5.14. The van der Waals surface area contributed by atoms with Crippen molar-refractivity contribution < 1.29 is 38.1 Å². The molecule has 2 aromatic rings. The smallest absolute Gasteiger partial charge is 0.407 e. The van der Waals surface area contributed by atoms with Gasteiger partial charge < -0.3 is 25.6 Å². The standard InChI is InChI=1S/C13H16N5O7P/c14-11(21)12-15-7-18(16-12)13-10(20)9(19)8(25-13)6-24-26(22,23)17-4-2-1-3-5-17/h1-5,7-10,13,19-20H,6H2,(H2-,14,21,22,23)/t8-,9-,10-,13-/m1/s1. The molecular weight excluding hydrogens is 369 g/mol. The number of rotatable bonds is 6. The van der Waals surface area contributed by atoms with Gasteiger partial charge in [-0.2, -0.15) is 4.34 Å². The third-order valence-electron chi connectivity index (χ3n) is 3.71. The van der Waals surface area contributed by atoms with Gasteiger partial charge in [0.1, 0.15) is 24.6 Å². The van der Waals surface area contributed by atoms with E-state index in [1.807, 2.05) is 0 Å². The lowest BCUT2D eigenvalue weighted by molar-refractivity contribution is -0.573. The summed E-state index contributed by atoms with van der Waals surface area (Å²) in [4.78, 5) is 26.8. The number of aromatic nitrogens is 4. The molecule has 5 atom stereocenters. The van der Waals surface area contributed by atoms with E-state index in [4.69, 9.17) is 15.0 Å².